The maximum Gasteiger partial charge on any atom is 0.199 e. The van der Waals surface area contributed by atoms with E-state index < -0.39 is 8.07 Å². The van der Waals surface area contributed by atoms with Gasteiger partial charge in [-0.15, -0.1) is 0 Å². The molecule has 31 heavy (non-hydrogen) atoms. The fourth-order valence-electron chi connectivity index (χ4n) is 4.72. The Balaban J connectivity index is 2.13. The van der Waals surface area contributed by atoms with Crippen LogP contribution in [0.5, 0.6) is 0 Å². The summed E-state index contributed by atoms with van der Waals surface area (Å²) in [6.45, 7) is 9.41. The van der Waals surface area contributed by atoms with Crippen molar-refractivity contribution in [1.29, 1.82) is 0 Å². The van der Waals surface area contributed by atoms with Crippen molar-refractivity contribution in [2.24, 2.45) is 0 Å². The summed E-state index contributed by atoms with van der Waals surface area (Å²) in [4.78, 5) is 2.21. The molecule has 4 heteroatoms. The van der Waals surface area contributed by atoms with Crippen LogP contribution in [0, 0.1) is 13.8 Å². The molecule has 0 unspecified atom stereocenters. The molecule has 0 spiro atoms. The van der Waals surface area contributed by atoms with Crippen molar-refractivity contribution in [2.45, 2.75) is 26.9 Å². The number of hydrogen-bond donors (Lipinski definition) is 0. The highest BCUT2D eigenvalue weighted by molar-refractivity contribution is 9.10. The first kappa shape index (κ1) is 22.0. The van der Waals surface area contributed by atoms with Crippen molar-refractivity contribution >= 4 is 46.2 Å². The van der Waals surface area contributed by atoms with Gasteiger partial charge >= 0.3 is 0 Å². The first-order chi connectivity index (χ1) is 14.5. The molecule has 2 aliphatic rings. The predicted molar refractivity (Wildman–Crippen MR) is 142 cm³/mol. The molecular formula is C27H32BrN2Si+. The lowest BCUT2D eigenvalue weighted by Crippen LogP contribution is -2.49. The Labute approximate surface area is 196 Å². The molecule has 0 saturated heterocycles. The van der Waals surface area contributed by atoms with Crippen molar-refractivity contribution in [3.8, 4) is 0 Å². The Morgan fingerprint density at radius 2 is 1.61 bits per heavy atom. The Morgan fingerprint density at radius 3 is 2.26 bits per heavy atom. The van der Waals surface area contributed by atoms with E-state index in [1.54, 1.807) is 0 Å². The molecule has 2 aromatic carbocycles. The van der Waals surface area contributed by atoms with Crippen LogP contribution < -0.4 is 10.1 Å². The molecule has 0 radical (unpaired) electrons. The van der Waals surface area contributed by atoms with E-state index in [2.05, 4.69) is 129 Å². The molecule has 2 aromatic rings. The molecule has 0 N–H and O–H groups in total. The van der Waals surface area contributed by atoms with Crippen LogP contribution in [0.3, 0.4) is 0 Å². The Kier molecular flexibility index (Phi) is 5.51. The highest BCUT2D eigenvalue weighted by Gasteiger charge is 2.40. The summed E-state index contributed by atoms with van der Waals surface area (Å²) in [5, 5.41) is 3.05. The second-order valence-corrected chi connectivity index (χ2v) is 14.8. The molecule has 2 nitrogen and oxygen atoms in total. The first-order valence-electron chi connectivity index (χ1n) is 10.8. The molecule has 0 atom stereocenters. The zero-order valence-electron chi connectivity index (χ0n) is 19.9. The summed E-state index contributed by atoms with van der Waals surface area (Å²) in [6, 6.07) is 11.7. The van der Waals surface area contributed by atoms with Crippen LogP contribution in [-0.2, 0) is 0 Å². The smallest absolute Gasteiger partial charge is 0.199 e. The largest absolute Gasteiger partial charge is 0.378 e. The lowest BCUT2D eigenvalue weighted by Gasteiger charge is -2.38. The summed E-state index contributed by atoms with van der Waals surface area (Å²) < 4.78 is 3.39. The molecule has 0 amide bonds. The van der Waals surface area contributed by atoms with Gasteiger partial charge in [-0.3, -0.25) is 0 Å². The monoisotopic (exact) mass is 491 g/mol. The third-order valence-electron chi connectivity index (χ3n) is 6.70. The molecule has 1 aliphatic heterocycles. The van der Waals surface area contributed by atoms with E-state index in [1.807, 2.05) is 0 Å². The summed E-state index contributed by atoms with van der Waals surface area (Å²) in [5.41, 5.74) is 10.6. The third kappa shape index (κ3) is 3.60. The van der Waals surface area contributed by atoms with Gasteiger partial charge in [-0.25, -0.2) is 4.58 Å². The maximum atomic E-state index is 3.72. The van der Waals surface area contributed by atoms with E-state index in [9.17, 15) is 0 Å². The highest BCUT2D eigenvalue weighted by Crippen LogP contribution is 2.43. The molecule has 1 heterocycles. The van der Waals surface area contributed by atoms with Crippen molar-refractivity contribution in [3.63, 3.8) is 0 Å². The van der Waals surface area contributed by atoms with E-state index in [-0.39, 0.29) is 0 Å². The zero-order chi connectivity index (χ0) is 22.7. The SMILES string of the molecule is Cc1cc(C2=C3C=CC(=[N+](C)C)C=C3[Si](C)(C)c3cc(N(C)C)ccc32)c(C)cc1Br. The van der Waals surface area contributed by atoms with E-state index in [4.69, 9.17) is 0 Å². The van der Waals surface area contributed by atoms with Crippen molar-refractivity contribution in [2.75, 3.05) is 33.1 Å². The van der Waals surface area contributed by atoms with Gasteiger partial charge in [0.05, 0.1) is 0 Å². The summed E-state index contributed by atoms with van der Waals surface area (Å²) in [5.74, 6) is 0. The molecule has 160 valence electrons. The van der Waals surface area contributed by atoms with Gasteiger partial charge in [0.25, 0.3) is 0 Å². The normalized spacial score (nSPS) is 16.7. The van der Waals surface area contributed by atoms with E-state index in [1.165, 1.54) is 59.7 Å². The second-order valence-electron chi connectivity index (χ2n) is 9.66. The van der Waals surface area contributed by atoms with Crippen LogP contribution in [0.25, 0.3) is 5.57 Å². The van der Waals surface area contributed by atoms with E-state index >= 15 is 0 Å². The van der Waals surface area contributed by atoms with Gasteiger partial charge < -0.3 is 4.90 Å². The van der Waals surface area contributed by atoms with Crippen LogP contribution in [-0.4, -0.2) is 46.6 Å². The Bertz CT molecular complexity index is 1220. The number of anilines is 1. The number of aryl methyl sites for hydroxylation is 2. The number of allylic oxidation sites excluding steroid dienone is 5. The summed E-state index contributed by atoms with van der Waals surface area (Å²) in [7, 11) is 6.63. The molecule has 0 saturated carbocycles. The van der Waals surface area contributed by atoms with Gasteiger partial charge in [-0.05, 0) is 81.9 Å². The lowest BCUT2D eigenvalue weighted by atomic mass is 9.87. The molecule has 0 bridgehead atoms. The van der Waals surface area contributed by atoms with Crippen LogP contribution >= 0.6 is 15.9 Å². The van der Waals surface area contributed by atoms with Gasteiger partial charge in [-0.2, -0.15) is 0 Å². The van der Waals surface area contributed by atoms with Crippen LogP contribution in [0.4, 0.5) is 5.69 Å². The van der Waals surface area contributed by atoms with Gasteiger partial charge in [0.15, 0.2) is 5.71 Å². The quantitative estimate of drug-likeness (QED) is 0.390. The number of nitrogens with zero attached hydrogens (tertiary/aromatic N) is 2. The average Bonchev–Trinajstić information content (AvgIpc) is 2.71. The predicted octanol–water partition coefficient (Wildman–Crippen LogP) is 5.61. The molecule has 1 aliphatic carbocycles. The molecular weight excluding hydrogens is 460 g/mol. The minimum absolute atomic E-state index is 1.17. The highest BCUT2D eigenvalue weighted by atomic mass is 79.9. The maximum absolute atomic E-state index is 3.72. The van der Waals surface area contributed by atoms with Gasteiger partial charge in [0.2, 0.25) is 0 Å². The van der Waals surface area contributed by atoms with Gasteiger partial charge in [0.1, 0.15) is 22.2 Å². The lowest BCUT2D eigenvalue weighted by molar-refractivity contribution is -0.462. The number of rotatable bonds is 2. The summed E-state index contributed by atoms with van der Waals surface area (Å²) >= 11 is 3.72. The summed E-state index contributed by atoms with van der Waals surface area (Å²) in [6.07, 6.45) is 7.06. The minimum Gasteiger partial charge on any atom is -0.378 e. The molecule has 0 aromatic heterocycles. The van der Waals surface area contributed by atoms with Crippen LogP contribution in [0.2, 0.25) is 13.1 Å². The second kappa shape index (κ2) is 7.75. The fourth-order valence-corrected chi connectivity index (χ4v) is 8.25. The number of benzene rings is 2. The average molecular weight is 493 g/mol. The van der Waals surface area contributed by atoms with Crippen molar-refractivity contribution in [1.82, 2.24) is 0 Å². The van der Waals surface area contributed by atoms with Gasteiger partial charge in [0, 0.05) is 36.4 Å². The molecule has 4 rings (SSSR count). The van der Waals surface area contributed by atoms with Crippen molar-refractivity contribution < 1.29 is 4.58 Å². The topological polar surface area (TPSA) is 6.25 Å². The first-order valence-corrected chi connectivity index (χ1v) is 14.6. The molecule has 0 fully saturated rings. The van der Waals surface area contributed by atoms with Crippen LogP contribution in [0.15, 0.2) is 63.8 Å². The number of fused-ring (bicyclic) bond motifs is 2. The fraction of sp³-hybridized carbons (Fsp3) is 0.296. The van der Waals surface area contributed by atoms with Gasteiger partial charge in [-0.1, -0.05) is 41.2 Å². The van der Waals surface area contributed by atoms with Crippen molar-refractivity contribution in [3.05, 3.63) is 86.1 Å². The Morgan fingerprint density at radius 1 is 0.903 bits per heavy atom. The standard InChI is InChI=1S/C27H32BrN2Si/c1-17-14-24(28)18(2)13-23(17)27-21-11-9-19(29(3)4)15-25(21)31(7,8)26-16-20(30(5)6)10-12-22(26)27/h9-16H,1-8H3/q+1. The zero-order valence-corrected chi connectivity index (χ0v) is 22.5. The Hall–Kier alpha value is -2.17. The third-order valence-corrected chi connectivity index (χ3v) is 11.1. The van der Waals surface area contributed by atoms with E-state index in [0.29, 0.717) is 0 Å². The number of halogens is 1. The number of hydrogen-bond acceptors (Lipinski definition) is 1. The van der Waals surface area contributed by atoms with Crippen LogP contribution in [0.1, 0.15) is 22.3 Å². The van der Waals surface area contributed by atoms with E-state index in [0.717, 1.165) is 0 Å². The minimum atomic E-state index is -1.89.